The fraction of sp³-hybridized carbons (Fsp3) is 0.923. The zero-order chi connectivity index (χ0) is 13.0. The zero-order valence-electron chi connectivity index (χ0n) is 11.4. The molecule has 2 atom stereocenters. The van der Waals surface area contributed by atoms with E-state index in [0.717, 1.165) is 39.0 Å². The van der Waals surface area contributed by atoms with Crippen LogP contribution in [-0.2, 0) is 9.53 Å². The first-order chi connectivity index (χ1) is 8.70. The smallest absolute Gasteiger partial charge is 0.240 e. The van der Waals surface area contributed by atoms with Crippen molar-refractivity contribution >= 4 is 5.91 Å². The highest BCUT2D eigenvalue weighted by atomic mass is 16.5. The normalized spacial score (nSPS) is 31.2. The van der Waals surface area contributed by atoms with E-state index >= 15 is 0 Å². The van der Waals surface area contributed by atoms with Crippen LogP contribution < -0.4 is 10.6 Å². The second-order valence-corrected chi connectivity index (χ2v) is 5.22. The molecule has 0 saturated carbocycles. The number of carbonyl (C=O) groups is 1. The van der Waals surface area contributed by atoms with E-state index in [2.05, 4.69) is 22.5 Å². The number of hydrogen-bond acceptors (Lipinski definition) is 4. The molecule has 2 N–H and O–H groups in total. The average Bonchev–Trinajstić information content (AvgIpc) is 2.40. The van der Waals surface area contributed by atoms with Gasteiger partial charge in [0.15, 0.2) is 0 Å². The standard InChI is InChI=1S/C13H25N3O2/c1-3-16-7-4-11(5-8-16)15-13(17)12-10(2)18-9-6-14-12/h10-12,14H,3-9H2,1-2H3,(H,15,17)/t10-,12+/m1/s1. The maximum absolute atomic E-state index is 12.2. The minimum absolute atomic E-state index is 0.0329. The summed E-state index contributed by atoms with van der Waals surface area (Å²) in [5, 5.41) is 6.39. The quantitative estimate of drug-likeness (QED) is 0.743. The number of nitrogens with zero attached hydrogens (tertiary/aromatic N) is 1. The zero-order valence-corrected chi connectivity index (χ0v) is 11.4. The summed E-state index contributed by atoms with van der Waals surface area (Å²) in [4.78, 5) is 14.6. The Morgan fingerprint density at radius 3 is 2.78 bits per heavy atom. The highest BCUT2D eigenvalue weighted by Crippen LogP contribution is 2.11. The van der Waals surface area contributed by atoms with E-state index in [1.807, 2.05) is 6.92 Å². The first kappa shape index (κ1) is 13.8. The minimum atomic E-state index is -0.192. The molecule has 2 rings (SSSR count). The molecule has 0 spiro atoms. The van der Waals surface area contributed by atoms with Crippen LogP contribution in [0, 0.1) is 0 Å². The highest BCUT2D eigenvalue weighted by molar-refractivity contribution is 5.82. The molecule has 1 amide bonds. The largest absolute Gasteiger partial charge is 0.375 e. The monoisotopic (exact) mass is 255 g/mol. The summed E-state index contributed by atoms with van der Waals surface area (Å²) in [5.41, 5.74) is 0. The third kappa shape index (κ3) is 3.43. The van der Waals surface area contributed by atoms with Crippen molar-refractivity contribution in [2.24, 2.45) is 0 Å². The van der Waals surface area contributed by atoms with Crippen LogP contribution in [0.2, 0.25) is 0 Å². The van der Waals surface area contributed by atoms with Gasteiger partial charge in [-0.05, 0) is 26.3 Å². The topological polar surface area (TPSA) is 53.6 Å². The predicted molar refractivity (Wildman–Crippen MR) is 70.5 cm³/mol. The molecule has 2 fully saturated rings. The second kappa shape index (κ2) is 6.50. The Kier molecular flexibility index (Phi) is 4.97. The summed E-state index contributed by atoms with van der Waals surface area (Å²) in [7, 11) is 0. The van der Waals surface area contributed by atoms with E-state index in [1.165, 1.54) is 0 Å². The van der Waals surface area contributed by atoms with Crippen LogP contribution in [0.5, 0.6) is 0 Å². The lowest BCUT2D eigenvalue weighted by Gasteiger charge is -2.34. The Labute approximate surface area is 109 Å². The number of likely N-dealkylation sites (tertiary alicyclic amines) is 1. The van der Waals surface area contributed by atoms with Crippen LogP contribution in [-0.4, -0.2) is 61.8 Å². The third-order valence-corrected chi connectivity index (χ3v) is 3.98. The molecular weight excluding hydrogens is 230 g/mol. The summed E-state index contributed by atoms with van der Waals surface area (Å²) < 4.78 is 5.50. The van der Waals surface area contributed by atoms with Gasteiger partial charge in [0, 0.05) is 25.7 Å². The van der Waals surface area contributed by atoms with E-state index in [4.69, 9.17) is 4.74 Å². The molecular formula is C13H25N3O2. The number of amides is 1. The summed E-state index contributed by atoms with van der Waals surface area (Å²) in [6.45, 7) is 8.88. The Morgan fingerprint density at radius 2 is 2.17 bits per heavy atom. The molecule has 5 nitrogen and oxygen atoms in total. The number of ether oxygens (including phenoxy) is 1. The molecule has 0 aliphatic carbocycles. The summed E-state index contributed by atoms with van der Waals surface area (Å²) in [6, 6.07) is 0.138. The molecule has 0 bridgehead atoms. The van der Waals surface area contributed by atoms with Crippen LogP contribution in [0.15, 0.2) is 0 Å². The number of rotatable bonds is 3. The molecule has 0 unspecified atom stereocenters. The molecule has 0 aromatic heterocycles. The molecule has 0 aromatic rings. The van der Waals surface area contributed by atoms with Crippen LogP contribution >= 0.6 is 0 Å². The van der Waals surface area contributed by atoms with Crippen LogP contribution in [0.25, 0.3) is 0 Å². The molecule has 104 valence electrons. The van der Waals surface area contributed by atoms with Crippen molar-refractivity contribution in [3.05, 3.63) is 0 Å². The fourth-order valence-electron chi connectivity index (χ4n) is 2.71. The van der Waals surface area contributed by atoms with Crippen molar-refractivity contribution in [2.75, 3.05) is 32.8 Å². The van der Waals surface area contributed by atoms with Gasteiger partial charge in [-0.25, -0.2) is 0 Å². The highest BCUT2D eigenvalue weighted by Gasteiger charge is 2.30. The molecule has 18 heavy (non-hydrogen) atoms. The Bertz CT molecular complexity index is 277. The number of hydrogen-bond donors (Lipinski definition) is 2. The van der Waals surface area contributed by atoms with Crippen LogP contribution in [0.4, 0.5) is 0 Å². The van der Waals surface area contributed by atoms with E-state index in [-0.39, 0.29) is 18.1 Å². The van der Waals surface area contributed by atoms with Crippen molar-refractivity contribution in [2.45, 2.75) is 44.9 Å². The first-order valence-corrected chi connectivity index (χ1v) is 7.08. The van der Waals surface area contributed by atoms with Crippen molar-refractivity contribution < 1.29 is 9.53 Å². The van der Waals surface area contributed by atoms with Gasteiger partial charge in [0.2, 0.25) is 5.91 Å². The van der Waals surface area contributed by atoms with E-state index in [0.29, 0.717) is 12.6 Å². The lowest BCUT2D eigenvalue weighted by molar-refractivity contribution is -0.129. The van der Waals surface area contributed by atoms with E-state index < -0.39 is 0 Å². The maximum atomic E-state index is 12.2. The van der Waals surface area contributed by atoms with Crippen molar-refractivity contribution in [3.63, 3.8) is 0 Å². The molecule has 2 heterocycles. The lowest BCUT2D eigenvalue weighted by atomic mass is 10.0. The molecule has 5 heteroatoms. The van der Waals surface area contributed by atoms with Gasteiger partial charge in [-0.15, -0.1) is 0 Å². The molecule has 2 saturated heterocycles. The Balaban J connectivity index is 1.77. The van der Waals surface area contributed by atoms with Crippen LogP contribution in [0.3, 0.4) is 0 Å². The van der Waals surface area contributed by atoms with Gasteiger partial charge < -0.3 is 20.3 Å². The minimum Gasteiger partial charge on any atom is -0.375 e. The van der Waals surface area contributed by atoms with Crippen molar-refractivity contribution in [1.82, 2.24) is 15.5 Å². The molecule has 0 radical (unpaired) electrons. The summed E-state index contributed by atoms with van der Waals surface area (Å²) >= 11 is 0. The number of carbonyl (C=O) groups excluding carboxylic acids is 1. The van der Waals surface area contributed by atoms with Gasteiger partial charge in [-0.2, -0.15) is 0 Å². The van der Waals surface area contributed by atoms with Gasteiger partial charge in [-0.3, -0.25) is 4.79 Å². The molecule has 0 aromatic carbocycles. The number of piperidine rings is 1. The summed E-state index contributed by atoms with van der Waals surface area (Å²) in [6.07, 6.45) is 2.08. The van der Waals surface area contributed by atoms with Gasteiger partial charge in [0.05, 0.1) is 12.7 Å². The van der Waals surface area contributed by atoms with Gasteiger partial charge in [0.1, 0.15) is 6.04 Å². The van der Waals surface area contributed by atoms with Crippen molar-refractivity contribution in [1.29, 1.82) is 0 Å². The van der Waals surface area contributed by atoms with E-state index in [1.54, 1.807) is 0 Å². The van der Waals surface area contributed by atoms with Crippen molar-refractivity contribution in [3.8, 4) is 0 Å². The Morgan fingerprint density at radius 1 is 1.44 bits per heavy atom. The molecule has 2 aliphatic rings. The third-order valence-electron chi connectivity index (χ3n) is 3.98. The first-order valence-electron chi connectivity index (χ1n) is 7.08. The lowest BCUT2D eigenvalue weighted by Crippen LogP contribution is -2.58. The Hall–Kier alpha value is -0.650. The van der Waals surface area contributed by atoms with Gasteiger partial charge in [-0.1, -0.05) is 6.92 Å². The SMILES string of the molecule is CCN1CCC(NC(=O)[C@H]2NCCO[C@@H]2C)CC1. The van der Waals surface area contributed by atoms with Gasteiger partial charge in [0.25, 0.3) is 0 Å². The average molecular weight is 255 g/mol. The predicted octanol–water partition coefficient (Wildman–Crippen LogP) is -0.0362. The maximum Gasteiger partial charge on any atom is 0.240 e. The van der Waals surface area contributed by atoms with E-state index in [9.17, 15) is 4.79 Å². The second-order valence-electron chi connectivity index (χ2n) is 5.22. The number of morpholine rings is 1. The fourth-order valence-corrected chi connectivity index (χ4v) is 2.71. The number of nitrogens with one attached hydrogen (secondary N) is 2. The van der Waals surface area contributed by atoms with Crippen LogP contribution in [0.1, 0.15) is 26.7 Å². The summed E-state index contributed by atoms with van der Waals surface area (Å²) in [5.74, 6) is 0.0946. The molecule has 2 aliphatic heterocycles. The van der Waals surface area contributed by atoms with Gasteiger partial charge >= 0.3 is 0 Å².